The van der Waals surface area contributed by atoms with Gasteiger partial charge in [-0.05, 0) is 42.3 Å². The maximum atomic E-state index is 13.2. The van der Waals surface area contributed by atoms with Gasteiger partial charge in [0.15, 0.2) is 11.5 Å². The number of rotatable bonds is 5. The number of anilines is 1. The number of carbonyl (C=O) groups excluding carboxylic acids is 3. The number of carbonyl (C=O) groups is 3. The number of benzene rings is 2. The lowest BCUT2D eigenvalue weighted by atomic mass is 10.1. The molecule has 11 heteroatoms. The van der Waals surface area contributed by atoms with Gasteiger partial charge in [0, 0.05) is 6.54 Å². The van der Waals surface area contributed by atoms with E-state index in [-0.39, 0.29) is 30.6 Å². The summed E-state index contributed by atoms with van der Waals surface area (Å²) in [5.41, 5.74) is -0.379. The molecule has 5 rings (SSSR count). The normalized spacial score (nSPS) is 23.2. The Morgan fingerprint density at radius 1 is 1.06 bits per heavy atom. The lowest BCUT2D eigenvalue weighted by Gasteiger charge is -2.35. The largest absolute Gasteiger partial charge is 0.493 e. The molecular weight excluding hydrogens is 467 g/mol. The van der Waals surface area contributed by atoms with Crippen molar-refractivity contribution in [3.63, 3.8) is 0 Å². The number of hydrogen-bond donors (Lipinski definition) is 0. The molecule has 2 bridgehead atoms. The van der Waals surface area contributed by atoms with Gasteiger partial charge in [-0.3, -0.25) is 9.59 Å². The van der Waals surface area contributed by atoms with Gasteiger partial charge < -0.3 is 19.3 Å². The van der Waals surface area contributed by atoms with Crippen LogP contribution in [0.25, 0.3) is 0 Å². The van der Waals surface area contributed by atoms with Crippen LogP contribution in [0.5, 0.6) is 11.5 Å². The number of piperazine rings is 1. The molecule has 4 amide bonds. The fraction of sp³-hybridized carbons (Fsp3) is 0.375. The zero-order valence-electron chi connectivity index (χ0n) is 18.9. The van der Waals surface area contributed by atoms with E-state index in [0.717, 1.165) is 23.1 Å². The van der Waals surface area contributed by atoms with Crippen molar-refractivity contribution >= 4 is 23.5 Å². The third kappa shape index (κ3) is 3.65. The number of likely N-dealkylation sites (tertiary alicyclic amines) is 1. The number of nitrogens with zero attached hydrogens (tertiary/aromatic N) is 3. The fourth-order valence-corrected chi connectivity index (χ4v) is 5.27. The first-order valence-electron chi connectivity index (χ1n) is 11.0. The van der Waals surface area contributed by atoms with Crippen molar-refractivity contribution in [1.82, 2.24) is 9.80 Å². The van der Waals surface area contributed by atoms with Crippen molar-refractivity contribution in [1.29, 1.82) is 0 Å². The van der Waals surface area contributed by atoms with Crippen LogP contribution in [0.4, 0.5) is 23.7 Å². The van der Waals surface area contributed by atoms with E-state index in [1.54, 1.807) is 23.1 Å². The first-order valence-corrected chi connectivity index (χ1v) is 11.0. The summed E-state index contributed by atoms with van der Waals surface area (Å²) >= 11 is 0. The fourth-order valence-electron chi connectivity index (χ4n) is 5.27. The van der Waals surface area contributed by atoms with Crippen LogP contribution in [-0.4, -0.2) is 66.5 Å². The minimum Gasteiger partial charge on any atom is -0.493 e. The van der Waals surface area contributed by atoms with Crippen molar-refractivity contribution in [3.05, 3.63) is 53.6 Å². The van der Waals surface area contributed by atoms with E-state index >= 15 is 0 Å². The van der Waals surface area contributed by atoms with Crippen molar-refractivity contribution in [2.24, 2.45) is 0 Å². The Morgan fingerprint density at radius 3 is 2.49 bits per heavy atom. The molecule has 2 aromatic rings. The Bertz CT molecular complexity index is 1220. The molecule has 3 saturated heterocycles. The first kappa shape index (κ1) is 23.0. The number of methoxy groups -OCH3 is 2. The number of halogens is 3. The van der Waals surface area contributed by atoms with E-state index in [4.69, 9.17) is 9.47 Å². The molecule has 0 aromatic heterocycles. The number of fused-ring (bicyclic) bond motifs is 5. The third-order valence-corrected chi connectivity index (χ3v) is 6.82. The van der Waals surface area contributed by atoms with Crippen LogP contribution >= 0.6 is 0 Å². The molecule has 8 nitrogen and oxygen atoms in total. The molecule has 3 fully saturated rings. The predicted molar refractivity (Wildman–Crippen MR) is 117 cm³/mol. The van der Waals surface area contributed by atoms with E-state index in [1.165, 1.54) is 25.2 Å². The predicted octanol–water partition coefficient (Wildman–Crippen LogP) is 3.09. The molecule has 3 heterocycles. The molecule has 2 unspecified atom stereocenters. The quantitative estimate of drug-likeness (QED) is 0.604. The van der Waals surface area contributed by atoms with Gasteiger partial charge in [0.05, 0.1) is 44.0 Å². The van der Waals surface area contributed by atoms with E-state index in [1.807, 2.05) is 0 Å². The second-order valence-corrected chi connectivity index (χ2v) is 8.73. The van der Waals surface area contributed by atoms with Crippen molar-refractivity contribution in [2.75, 3.05) is 25.7 Å². The highest BCUT2D eigenvalue weighted by Crippen LogP contribution is 2.43. The summed E-state index contributed by atoms with van der Waals surface area (Å²) < 4.78 is 50.0. The van der Waals surface area contributed by atoms with Gasteiger partial charge in [0.2, 0.25) is 5.91 Å². The molecule has 184 valence electrons. The highest BCUT2D eigenvalue weighted by atomic mass is 19.4. The molecular formula is C24H22F3N3O5. The van der Waals surface area contributed by atoms with Gasteiger partial charge in [-0.15, -0.1) is 0 Å². The standard InChI is InChI=1S/C24H22F3N3O5/c1-34-18-7-6-13(8-19(18)35-2)9-20(31)28-12-16-11-17(28)21-22(32)30(23(33)29(16)21)15-5-3-4-14(10-15)24(25,26)27/h3-8,10,16-17,21H,9,11-12H2,1-2H3/t16?,17?,21-/m1/s1. The molecule has 0 aliphatic carbocycles. The molecule has 3 aliphatic rings. The second kappa shape index (κ2) is 8.17. The summed E-state index contributed by atoms with van der Waals surface area (Å²) in [6.07, 6.45) is -4.09. The van der Waals surface area contributed by atoms with Crippen molar-refractivity contribution < 1.29 is 37.0 Å². The van der Waals surface area contributed by atoms with Gasteiger partial charge in [-0.2, -0.15) is 13.2 Å². The van der Waals surface area contributed by atoms with E-state index in [2.05, 4.69) is 0 Å². The van der Waals surface area contributed by atoms with E-state index in [0.29, 0.717) is 23.5 Å². The number of ether oxygens (including phenoxy) is 2. The Balaban J connectivity index is 1.36. The molecule has 3 atom stereocenters. The van der Waals surface area contributed by atoms with Gasteiger partial charge in [-0.1, -0.05) is 12.1 Å². The molecule has 0 radical (unpaired) electrons. The van der Waals surface area contributed by atoms with E-state index in [9.17, 15) is 27.6 Å². The Labute approximate surface area is 198 Å². The van der Waals surface area contributed by atoms with Gasteiger partial charge >= 0.3 is 12.2 Å². The zero-order valence-corrected chi connectivity index (χ0v) is 18.9. The molecule has 2 aromatic carbocycles. The average Bonchev–Trinajstić information content (AvgIpc) is 3.49. The summed E-state index contributed by atoms with van der Waals surface area (Å²) in [5.74, 6) is 0.192. The summed E-state index contributed by atoms with van der Waals surface area (Å²) in [4.78, 5) is 43.3. The first-order chi connectivity index (χ1) is 16.6. The van der Waals surface area contributed by atoms with Gasteiger partial charge in [0.25, 0.3) is 5.91 Å². The minimum absolute atomic E-state index is 0.0653. The maximum Gasteiger partial charge on any atom is 0.416 e. The SMILES string of the molecule is COc1ccc(CC(=O)N2CC3CC2[C@@H]2C(=O)N(c4cccc(C(F)(F)F)c4)C(=O)N32)cc1OC. The third-order valence-electron chi connectivity index (χ3n) is 6.82. The highest BCUT2D eigenvalue weighted by molar-refractivity contribution is 6.22. The topological polar surface area (TPSA) is 79.4 Å². The summed E-state index contributed by atoms with van der Waals surface area (Å²) in [6.45, 7) is 0.267. The van der Waals surface area contributed by atoms with Crippen LogP contribution in [-0.2, 0) is 22.2 Å². The van der Waals surface area contributed by atoms with Crippen LogP contribution in [0, 0.1) is 0 Å². The molecule has 35 heavy (non-hydrogen) atoms. The molecule has 3 aliphatic heterocycles. The maximum absolute atomic E-state index is 13.2. The monoisotopic (exact) mass is 489 g/mol. The Kier molecular flexibility index (Phi) is 5.37. The smallest absolute Gasteiger partial charge is 0.416 e. The zero-order chi connectivity index (χ0) is 25.1. The lowest BCUT2D eigenvalue weighted by Crippen LogP contribution is -2.55. The molecule has 0 saturated carbocycles. The van der Waals surface area contributed by atoms with Gasteiger partial charge in [0.1, 0.15) is 6.04 Å². The lowest BCUT2D eigenvalue weighted by molar-refractivity contribution is -0.138. The van der Waals surface area contributed by atoms with Crippen molar-refractivity contribution in [2.45, 2.75) is 37.1 Å². The minimum atomic E-state index is -4.61. The number of amides is 4. The summed E-state index contributed by atoms with van der Waals surface area (Å²) in [6, 6.07) is 6.83. The average molecular weight is 489 g/mol. The highest BCUT2D eigenvalue weighted by Gasteiger charge is 2.62. The van der Waals surface area contributed by atoms with Crippen LogP contribution in [0.2, 0.25) is 0 Å². The molecule has 0 N–H and O–H groups in total. The number of alkyl halides is 3. The van der Waals surface area contributed by atoms with Crippen LogP contribution in [0.15, 0.2) is 42.5 Å². The summed E-state index contributed by atoms with van der Waals surface area (Å²) in [7, 11) is 3.01. The van der Waals surface area contributed by atoms with Crippen LogP contribution in [0.3, 0.4) is 0 Å². The number of hydrogen-bond acceptors (Lipinski definition) is 5. The van der Waals surface area contributed by atoms with E-state index < -0.39 is 35.8 Å². The second-order valence-electron chi connectivity index (χ2n) is 8.73. The number of urea groups is 1. The van der Waals surface area contributed by atoms with Crippen molar-refractivity contribution in [3.8, 4) is 11.5 Å². The number of imide groups is 1. The van der Waals surface area contributed by atoms with Crippen LogP contribution < -0.4 is 14.4 Å². The Morgan fingerprint density at radius 2 is 1.80 bits per heavy atom. The molecule has 0 spiro atoms. The van der Waals surface area contributed by atoms with Crippen LogP contribution in [0.1, 0.15) is 17.5 Å². The Hall–Kier alpha value is -3.76. The summed E-state index contributed by atoms with van der Waals surface area (Å²) in [5, 5.41) is 0. The van der Waals surface area contributed by atoms with Gasteiger partial charge in [-0.25, -0.2) is 9.69 Å².